The minimum Gasteiger partial charge on any atom is -0.236 e. The van der Waals surface area contributed by atoms with Gasteiger partial charge in [-0.15, -0.1) is 0 Å². The first kappa shape index (κ1) is 9.51. The fourth-order valence-electron chi connectivity index (χ4n) is 1.14. The van der Waals surface area contributed by atoms with Crippen molar-refractivity contribution in [3.63, 3.8) is 0 Å². The van der Waals surface area contributed by atoms with Gasteiger partial charge in [-0.05, 0) is 40.8 Å². The Kier molecular flexibility index (Phi) is 2.72. The summed E-state index contributed by atoms with van der Waals surface area (Å²) >= 11 is 2.10. The van der Waals surface area contributed by atoms with Crippen molar-refractivity contribution in [1.82, 2.24) is 9.97 Å². The first-order chi connectivity index (χ1) is 6.75. The van der Waals surface area contributed by atoms with Crippen LogP contribution in [0.15, 0.2) is 36.7 Å². The van der Waals surface area contributed by atoms with E-state index >= 15 is 0 Å². The summed E-state index contributed by atoms with van der Waals surface area (Å²) in [6, 6.07) is 8.17. The van der Waals surface area contributed by atoms with Crippen LogP contribution >= 0.6 is 22.6 Å². The second-order valence-electron chi connectivity index (χ2n) is 2.74. The van der Waals surface area contributed by atoms with Crippen LogP contribution < -0.4 is 0 Å². The Morgan fingerprint density at radius 2 is 2.00 bits per heavy atom. The molecule has 0 saturated carbocycles. The largest absolute Gasteiger partial charge is 0.236 e. The smallest absolute Gasteiger partial charge is 0.123 e. The van der Waals surface area contributed by atoms with Gasteiger partial charge in [0, 0.05) is 5.56 Å². The van der Waals surface area contributed by atoms with Crippen molar-refractivity contribution in [3.05, 3.63) is 46.2 Å². The molecular formula is C10H6FIN2. The Morgan fingerprint density at radius 1 is 1.14 bits per heavy atom. The van der Waals surface area contributed by atoms with Crippen LogP contribution in [-0.4, -0.2) is 9.97 Å². The molecule has 14 heavy (non-hydrogen) atoms. The number of rotatable bonds is 1. The van der Waals surface area contributed by atoms with Crippen molar-refractivity contribution in [2.45, 2.75) is 0 Å². The number of nitrogens with zero attached hydrogens (tertiary/aromatic N) is 2. The maximum absolute atomic E-state index is 12.9. The van der Waals surface area contributed by atoms with Crippen LogP contribution in [0.3, 0.4) is 0 Å². The molecule has 0 bridgehead atoms. The molecule has 2 aromatic rings. The molecule has 0 spiro atoms. The molecule has 0 saturated heterocycles. The highest BCUT2D eigenvalue weighted by Crippen LogP contribution is 2.18. The highest BCUT2D eigenvalue weighted by Gasteiger charge is 2.00. The van der Waals surface area contributed by atoms with Crippen molar-refractivity contribution >= 4 is 22.6 Å². The number of hydrogen-bond donors (Lipinski definition) is 0. The maximum atomic E-state index is 12.9. The summed E-state index contributed by atoms with van der Waals surface area (Å²) in [5.41, 5.74) is 1.51. The van der Waals surface area contributed by atoms with Crippen LogP contribution in [-0.2, 0) is 0 Å². The number of hydrogen-bond acceptors (Lipinski definition) is 2. The molecule has 0 radical (unpaired) electrons. The van der Waals surface area contributed by atoms with E-state index in [1.165, 1.54) is 18.5 Å². The van der Waals surface area contributed by atoms with E-state index in [1.807, 2.05) is 12.1 Å². The zero-order valence-electron chi connectivity index (χ0n) is 7.11. The Morgan fingerprint density at radius 3 is 2.71 bits per heavy atom. The second-order valence-corrected chi connectivity index (χ2v) is 3.84. The predicted molar refractivity (Wildman–Crippen MR) is 60.1 cm³/mol. The van der Waals surface area contributed by atoms with Crippen molar-refractivity contribution in [2.75, 3.05) is 0 Å². The van der Waals surface area contributed by atoms with Gasteiger partial charge in [0.25, 0.3) is 0 Å². The van der Waals surface area contributed by atoms with Gasteiger partial charge in [0.1, 0.15) is 15.8 Å². The van der Waals surface area contributed by atoms with Gasteiger partial charge in [0.05, 0.1) is 5.69 Å². The van der Waals surface area contributed by atoms with Crippen LogP contribution in [0.5, 0.6) is 0 Å². The molecule has 4 heteroatoms. The summed E-state index contributed by atoms with van der Waals surface area (Å²) < 4.78 is 13.8. The average Bonchev–Trinajstić information content (AvgIpc) is 2.18. The predicted octanol–water partition coefficient (Wildman–Crippen LogP) is 2.89. The van der Waals surface area contributed by atoms with Gasteiger partial charge in [0.15, 0.2) is 0 Å². The van der Waals surface area contributed by atoms with Gasteiger partial charge in [-0.2, -0.15) is 0 Å². The lowest BCUT2D eigenvalue weighted by Gasteiger charge is -2.00. The standard InChI is InChI=1S/C10H6FIN2/c11-8-3-1-2-7(4-8)9-5-10(12)14-6-13-9/h1-6H. The summed E-state index contributed by atoms with van der Waals surface area (Å²) in [6.45, 7) is 0. The number of halogens is 2. The van der Waals surface area contributed by atoms with E-state index in [0.29, 0.717) is 0 Å². The molecule has 0 unspecified atom stereocenters. The minimum atomic E-state index is -0.254. The van der Waals surface area contributed by atoms with Crippen molar-refractivity contribution in [2.24, 2.45) is 0 Å². The molecule has 1 aromatic carbocycles. The Bertz CT molecular complexity index is 416. The zero-order valence-corrected chi connectivity index (χ0v) is 9.27. The highest BCUT2D eigenvalue weighted by molar-refractivity contribution is 14.1. The SMILES string of the molecule is Fc1cccc(-c2cc(I)ncn2)c1. The molecule has 0 N–H and O–H groups in total. The van der Waals surface area contributed by atoms with Gasteiger partial charge in [-0.3, -0.25) is 0 Å². The monoisotopic (exact) mass is 300 g/mol. The molecule has 0 aliphatic heterocycles. The third-order valence-corrected chi connectivity index (χ3v) is 2.34. The normalized spacial score (nSPS) is 10.1. The van der Waals surface area contributed by atoms with E-state index in [9.17, 15) is 4.39 Å². The summed E-state index contributed by atoms with van der Waals surface area (Å²) in [7, 11) is 0. The van der Waals surface area contributed by atoms with Crippen molar-refractivity contribution < 1.29 is 4.39 Å². The topological polar surface area (TPSA) is 25.8 Å². The first-order valence-corrected chi connectivity index (χ1v) is 5.07. The molecule has 2 nitrogen and oxygen atoms in total. The van der Waals surface area contributed by atoms with Gasteiger partial charge in [0.2, 0.25) is 0 Å². The lowest BCUT2D eigenvalue weighted by molar-refractivity contribution is 0.628. The Hall–Kier alpha value is -1.04. The molecular weight excluding hydrogens is 294 g/mol. The van der Waals surface area contributed by atoms with E-state index < -0.39 is 0 Å². The minimum absolute atomic E-state index is 0.254. The first-order valence-electron chi connectivity index (χ1n) is 3.99. The molecule has 70 valence electrons. The fourth-order valence-corrected chi connectivity index (χ4v) is 1.56. The van der Waals surface area contributed by atoms with E-state index in [0.717, 1.165) is 15.0 Å². The van der Waals surface area contributed by atoms with Crippen molar-refractivity contribution in [3.8, 4) is 11.3 Å². The molecule has 0 fully saturated rings. The average molecular weight is 300 g/mol. The molecule has 0 aliphatic carbocycles. The van der Waals surface area contributed by atoms with Crippen LogP contribution in [0.2, 0.25) is 0 Å². The number of benzene rings is 1. The van der Waals surface area contributed by atoms with Crippen LogP contribution in [0, 0.1) is 9.52 Å². The van der Waals surface area contributed by atoms with E-state index in [-0.39, 0.29) is 5.82 Å². The molecule has 1 aromatic heterocycles. The van der Waals surface area contributed by atoms with Crippen LogP contribution in [0.4, 0.5) is 4.39 Å². The lowest BCUT2D eigenvalue weighted by Crippen LogP contribution is -1.88. The Labute approximate surface area is 94.4 Å². The number of aromatic nitrogens is 2. The molecule has 2 rings (SSSR count). The Balaban J connectivity index is 2.49. The quantitative estimate of drug-likeness (QED) is 0.598. The zero-order chi connectivity index (χ0) is 9.97. The molecule has 0 amide bonds. The molecule has 0 aliphatic rings. The second kappa shape index (κ2) is 4.00. The fraction of sp³-hybridized carbons (Fsp3) is 0. The summed E-state index contributed by atoms with van der Waals surface area (Å²) in [4.78, 5) is 8.04. The van der Waals surface area contributed by atoms with Crippen molar-refractivity contribution in [1.29, 1.82) is 0 Å². The van der Waals surface area contributed by atoms with Crippen LogP contribution in [0.1, 0.15) is 0 Å². The van der Waals surface area contributed by atoms with Gasteiger partial charge in [-0.25, -0.2) is 14.4 Å². The van der Waals surface area contributed by atoms with E-state index in [2.05, 4.69) is 32.6 Å². The lowest BCUT2D eigenvalue weighted by atomic mass is 10.1. The van der Waals surface area contributed by atoms with Gasteiger partial charge >= 0.3 is 0 Å². The summed E-state index contributed by atoms with van der Waals surface area (Å²) in [5, 5.41) is 0. The van der Waals surface area contributed by atoms with E-state index in [4.69, 9.17) is 0 Å². The molecule has 0 atom stereocenters. The van der Waals surface area contributed by atoms with Gasteiger partial charge < -0.3 is 0 Å². The third kappa shape index (κ3) is 2.06. The third-order valence-electron chi connectivity index (χ3n) is 1.75. The summed E-state index contributed by atoms with van der Waals surface area (Å²) in [6.07, 6.45) is 1.47. The maximum Gasteiger partial charge on any atom is 0.123 e. The summed E-state index contributed by atoms with van der Waals surface area (Å²) in [5.74, 6) is -0.254. The van der Waals surface area contributed by atoms with Gasteiger partial charge in [-0.1, -0.05) is 12.1 Å². The highest BCUT2D eigenvalue weighted by atomic mass is 127. The van der Waals surface area contributed by atoms with Crippen LogP contribution in [0.25, 0.3) is 11.3 Å². The molecule has 1 heterocycles. The van der Waals surface area contributed by atoms with E-state index in [1.54, 1.807) is 6.07 Å².